The normalized spacial score (nSPS) is 21.3. The molecule has 0 aliphatic carbocycles. The largest absolute Gasteiger partial charge is 0.309 e. The van der Waals surface area contributed by atoms with Crippen LogP contribution in [0.15, 0.2) is 48.5 Å². The summed E-state index contributed by atoms with van der Waals surface area (Å²) in [6.07, 6.45) is 1.10. The molecule has 2 aromatic rings. The molecule has 3 rings (SSSR count). The van der Waals surface area contributed by atoms with E-state index in [1.54, 1.807) is 0 Å². The van der Waals surface area contributed by atoms with Gasteiger partial charge in [0, 0.05) is 12.6 Å². The molecular formula is C20H25N. The number of hydrogen-bond donors (Lipinski definition) is 1. The first-order valence-corrected chi connectivity index (χ1v) is 8.05. The number of hydrogen-bond acceptors (Lipinski definition) is 1. The van der Waals surface area contributed by atoms with Gasteiger partial charge in [0.15, 0.2) is 0 Å². The van der Waals surface area contributed by atoms with Crippen LogP contribution in [0.2, 0.25) is 0 Å². The van der Waals surface area contributed by atoms with E-state index < -0.39 is 0 Å². The number of fused-ring (bicyclic) bond motifs is 1. The van der Waals surface area contributed by atoms with Crippen LogP contribution in [-0.2, 0) is 13.0 Å². The van der Waals surface area contributed by atoms with Gasteiger partial charge >= 0.3 is 0 Å². The van der Waals surface area contributed by atoms with E-state index in [2.05, 4.69) is 74.6 Å². The zero-order chi connectivity index (χ0) is 14.8. The van der Waals surface area contributed by atoms with Gasteiger partial charge in [-0.1, -0.05) is 69.3 Å². The monoisotopic (exact) mass is 279 g/mol. The molecule has 1 N–H and O–H groups in total. The van der Waals surface area contributed by atoms with Crippen LogP contribution >= 0.6 is 0 Å². The fourth-order valence-electron chi connectivity index (χ4n) is 3.33. The fourth-order valence-corrected chi connectivity index (χ4v) is 3.33. The molecule has 0 saturated heterocycles. The molecule has 0 amide bonds. The van der Waals surface area contributed by atoms with Crippen LogP contribution in [0.25, 0.3) is 0 Å². The van der Waals surface area contributed by atoms with E-state index in [0.29, 0.717) is 17.9 Å². The second-order valence-electron chi connectivity index (χ2n) is 6.58. The lowest BCUT2D eigenvalue weighted by Crippen LogP contribution is -2.39. The molecule has 1 aliphatic heterocycles. The first kappa shape index (κ1) is 14.3. The van der Waals surface area contributed by atoms with Gasteiger partial charge in [0.2, 0.25) is 0 Å². The molecule has 0 bridgehead atoms. The lowest BCUT2D eigenvalue weighted by Gasteiger charge is -2.33. The van der Waals surface area contributed by atoms with E-state index >= 15 is 0 Å². The molecule has 110 valence electrons. The fraction of sp³-hybridized carbons (Fsp3) is 0.400. The van der Waals surface area contributed by atoms with Gasteiger partial charge in [-0.15, -0.1) is 0 Å². The Labute approximate surface area is 128 Å². The van der Waals surface area contributed by atoms with Crippen molar-refractivity contribution in [3.05, 3.63) is 70.8 Å². The van der Waals surface area contributed by atoms with E-state index in [1.807, 2.05) is 0 Å². The Morgan fingerprint density at radius 2 is 1.86 bits per heavy atom. The standard InChI is InChI=1S/C20H25N/c1-14(2)17-9-10-19-15(3)20(21-13-18(19)12-17)11-16-7-5-4-6-8-16/h4-10,12,14-15,20-21H,11,13H2,1-3H3. The van der Waals surface area contributed by atoms with Crippen LogP contribution in [0.3, 0.4) is 0 Å². The first-order chi connectivity index (χ1) is 10.1. The molecule has 0 fully saturated rings. The smallest absolute Gasteiger partial charge is 0.0211 e. The molecule has 0 aromatic heterocycles. The van der Waals surface area contributed by atoms with E-state index in [9.17, 15) is 0 Å². The second-order valence-corrected chi connectivity index (χ2v) is 6.58. The number of rotatable bonds is 3. The van der Waals surface area contributed by atoms with Crippen molar-refractivity contribution in [2.45, 2.75) is 51.6 Å². The maximum atomic E-state index is 3.74. The topological polar surface area (TPSA) is 12.0 Å². The lowest BCUT2D eigenvalue weighted by molar-refractivity contribution is 0.417. The average Bonchev–Trinajstić information content (AvgIpc) is 2.51. The lowest BCUT2D eigenvalue weighted by atomic mass is 9.82. The highest BCUT2D eigenvalue weighted by atomic mass is 14.9. The highest BCUT2D eigenvalue weighted by Crippen LogP contribution is 2.31. The Balaban J connectivity index is 1.81. The highest BCUT2D eigenvalue weighted by Gasteiger charge is 2.26. The molecule has 0 saturated carbocycles. The zero-order valence-electron chi connectivity index (χ0n) is 13.3. The van der Waals surface area contributed by atoms with Crippen LogP contribution in [0, 0.1) is 0 Å². The molecule has 2 unspecified atom stereocenters. The average molecular weight is 279 g/mol. The Kier molecular flexibility index (Phi) is 4.12. The van der Waals surface area contributed by atoms with Gasteiger partial charge in [-0.25, -0.2) is 0 Å². The quantitative estimate of drug-likeness (QED) is 0.864. The van der Waals surface area contributed by atoms with Crippen molar-refractivity contribution in [1.82, 2.24) is 5.32 Å². The Bertz CT molecular complexity index is 600. The van der Waals surface area contributed by atoms with E-state index in [0.717, 1.165) is 13.0 Å². The van der Waals surface area contributed by atoms with E-state index in [-0.39, 0.29) is 0 Å². The van der Waals surface area contributed by atoms with Crippen LogP contribution in [-0.4, -0.2) is 6.04 Å². The summed E-state index contributed by atoms with van der Waals surface area (Å²) in [5.74, 6) is 1.17. The van der Waals surface area contributed by atoms with Crippen LogP contribution < -0.4 is 5.32 Å². The summed E-state index contributed by atoms with van der Waals surface area (Å²) >= 11 is 0. The van der Waals surface area contributed by atoms with Gasteiger partial charge < -0.3 is 5.32 Å². The molecule has 1 heterocycles. The van der Waals surface area contributed by atoms with Gasteiger partial charge in [-0.3, -0.25) is 0 Å². The van der Waals surface area contributed by atoms with E-state index in [1.165, 1.54) is 22.3 Å². The minimum absolute atomic E-state index is 0.532. The number of benzene rings is 2. The minimum Gasteiger partial charge on any atom is -0.309 e. The van der Waals surface area contributed by atoms with Crippen LogP contribution in [0.4, 0.5) is 0 Å². The molecule has 2 atom stereocenters. The molecule has 1 heteroatoms. The summed E-state index contributed by atoms with van der Waals surface area (Å²) in [4.78, 5) is 0. The van der Waals surface area contributed by atoms with Crippen molar-refractivity contribution in [1.29, 1.82) is 0 Å². The second kappa shape index (κ2) is 6.03. The Hall–Kier alpha value is -1.60. The van der Waals surface area contributed by atoms with Crippen molar-refractivity contribution in [2.24, 2.45) is 0 Å². The molecule has 2 aromatic carbocycles. The van der Waals surface area contributed by atoms with Crippen molar-refractivity contribution < 1.29 is 0 Å². The van der Waals surface area contributed by atoms with Gasteiger partial charge in [0.25, 0.3) is 0 Å². The first-order valence-electron chi connectivity index (χ1n) is 8.05. The Morgan fingerprint density at radius 1 is 1.10 bits per heavy atom. The van der Waals surface area contributed by atoms with Gasteiger partial charge in [-0.2, -0.15) is 0 Å². The minimum atomic E-state index is 0.532. The highest BCUT2D eigenvalue weighted by molar-refractivity contribution is 5.38. The summed E-state index contributed by atoms with van der Waals surface area (Å²) in [5, 5.41) is 3.74. The SMILES string of the molecule is CC(C)c1ccc2c(c1)CNC(Cc1ccccc1)C2C. The van der Waals surface area contributed by atoms with Crippen LogP contribution in [0.5, 0.6) is 0 Å². The van der Waals surface area contributed by atoms with Gasteiger partial charge in [0.1, 0.15) is 0 Å². The van der Waals surface area contributed by atoms with Crippen LogP contribution in [0.1, 0.15) is 54.9 Å². The molecule has 1 nitrogen and oxygen atoms in total. The maximum absolute atomic E-state index is 3.74. The van der Waals surface area contributed by atoms with Gasteiger partial charge in [-0.05, 0) is 40.5 Å². The predicted octanol–water partition coefficient (Wildman–Crippen LogP) is 4.63. The summed E-state index contributed by atoms with van der Waals surface area (Å²) < 4.78 is 0. The maximum Gasteiger partial charge on any atom is 0.0211 e. The third kappa shape index (κ3) is 3.03. The zero-order valence-corrected chi connectivity index (χ0v) is 13.3. The summed E-state index contributed by atoms with van der Waals surface area (Å²) in [6.45, 7) is 7.88. The predicted molar refractivity (Wildman–Crippen MR) is 89.7 cm³/mol. The Morgan fingerprint density at radius 3 is 2.57 bits per heavy atom. The van der Waals surface area contributed by atoms with E-state index in [4.69, 9.17) is 0 Å². The molecule has 21 heavy (non-hydrogen) atoms. The third-order valence-electron chi connectivity index (χ3n) is 4.78. The van der Waals surface area contributed by atoms with Crippen molar-refractivity contribution >= 4 is 0 Å². The number of nitrogens with one attached hydrogen (secondary N) is 1. The van der Waals surface area contributed by atoms with Crippen molar-refractivity contribution in [2.75, 3.05) is 0 Å². The summed E-state index contributed by atoms with van der Waals surface area (Å²) in [5.41, 5.74) is 5.88. The molecule has 0 radical (unpaired) electrons. The van der Waals surface area contributed by atoms with Gasteiger partial charge in [0.05, 0.1) is 0 Å². The third-order valence-corrected chi connectivity index (χ3v) is 4.78. The van der Waals surface area contributed by atoms with Crippen molar-refractivity contribution in [3.8, 4) is 0 Å². The summed E-state index contributed by atoms with van der Waals surface area (Å²) in [6, 6.07) is 18.4. The summed E-state index contributed by atoms with van der Waals surface area (Å²) in [7, 11) is 0. The van der Waals surface area contributed by atoms with Crippen molar-refractivity contribution in [3.63, 3.8) is 0 Å². The molecular weight excluding hydrogens is 254 g/mol. The molecule has 0 spiro atoms. The molecule has 1 aliphatic rings.